The van der Waals surface area contributed by atoms with E-state index in [1.165, 1.54) is 0 Å². The Kier molecular flexibility index (Phi) is 18.9. The SMILES string of the molecule is O=[N+]([O-])[O-].O=[N+]([O-])[O-].[Ce+2]. The summed E-state index contributed by atoms with van der Waals surface area (Å²) in [6.45, 7) is 0. The van der Waals surface area contributed by atoms with E-state index in [1.807, 2.05) is 0 Å². The molecule has 0 aliphatic heterocycles. The molecule has 0 aromatic carbocycles. The zero-order chi connectivity index (χ0) is 7.15. The predicted molar refractivity (Wildman–Crippen MR) is 20.7 cm³/mol. The Balaban J connectivity index is -0.0000000720. The van der Waals surface area contributed by atoms with Crippen molar-refractivity contribution >= 4 is 0 Å². The van der Waals surface area contributed by atoms with Crippen LogP contribution in [-0.2, 0) is 0 Å². The van der Waals surface area contributed by atoms with Crippen molar-refractivity contribution in [2.24, 2.45) is 0 Å². The van der Waals surface area contributed by atoms with E-state index >= 15 is 0 Å². The number of hydrogen-bond acceptors (Lipinski definition) is 6. The summed E-state index contributed by atoms with van der Waals surface area (Å²) in [6, 6.07) is 0. The molecule has 9 heavy (non-hydrogen) atoms. The summed E-state index contributed by atoms with van der Waals surface area (Å²) >= 11 is 0. The zero-order valence-electron chi connectivity index (χ0n) is 3.84. The summed E-state index contributed by atoms with van der Waals surface area (Å²) < 4.78 is 0. The molecule has 9 heteroatoms. The van der Waals surface area contributed by atoms with Gasteiger partial charge in [-0.25, -0.2) is 0 Å². The first-order chi connectivity index (χ1) is 3.46. The van der Waals surface area contributed by atoms with Crippen LogP contribution >= 0.6 is 0 Å². The molecule has 50 valence electrons. The van der Waals surface area contributed by atoms with Gasteiger partial charge in [-0.05, 0) is 0 Å². The van der Waals surface area contributed by atoms with Gasteiger partial charge in [0.05, 0.1) is 10.2 Å². The fourth-order valence-corrected chi connectivity index (χ4v) is 0. The molecule has 0 aromatic heterocycles. The Hall–Kier alpha value is -0.223. The monoisotopic (exact) mass is 264 g/mol. The van der Waals surface area contributed by atoms with E-state index in [2.05, 4.69) is 0 Å². The van der Waals surface area contributed by atoms with Crippen molar-refractivity contribution in [3.63, 3.8) is 0 Å². The van der Waals surface area contributed by atoms with E-state index in [9.17, 15) is 0 Å². The van der Waals surface area contributed by atoms with Gasteiger partial charge in [0.1, 0.15) is 0 Å². The average Bonchev–Trinajstić information content (AvgIpc) is 1.25. The van der Waals surface area contributed by atoms with Crippen molar-refractivity contribution in [3.8, 4) is 0 Å². The van der Waals surface area contributed by atoms with Gasteiger partial charge in [-0.3, -0.25) is 0 Å². The molecule has 8 nitrogen and oxygen atoms in total. The van der Waals surface area contributed by atoms with E-state index in [-0.39, 0.29) is 41.7 Å². The van der Waals surface area contributed by atoms with E-state index in [0.29, 0.717) is 0 Å². The van der Waals surface area contributed by atoms with Gasteiger partial charge in [-0.1, -0.05) is 0 Å². The molecular weight excluding hydrogens is 264 g/mol. The van der Waals surface area contributed by atoms with Crippen LogP contribution in [0.1, 0.15) is 0 Å². The largest absolute Gasteiger partial charge is 2.00 e. The molecule has 0 aromatic rings. The summed E-state index contributed by atoms with van der Waals surface area (Å²) in [6.07, 6.45) is 0. The van der Waals surface area contributed by atoms with Gasteiger partial charge in [0.15, 0.2) is 0 Å². The molecule has 0 aliphatic rings. The van der Waals surface area contributed by atoms with Crippen LogP contribution in [0.3, 0.4) is 0 Å². The van der Waals surface area contributed by atoms with Gasteiger partial charge in [-0.15, -0.1) is 0 Å². The maximum absolute atomic E-state index is 8.25. The smallest absolute Gasteiger partial charge is 0.356 e. The van der Waals surface area contributed by atoms with Crippen molar-refractivity contribution in [1.29, 1.82) is 0 Å². The molecule has 0 spiro atoms. The molecule has 0 N–H and O–H groups in total. The quantitative estimate of drug-likeness (QED) is 0.428. The van der Waals surface area contributed by atoms with Crippen LogP contribution in [0.25, 0.3) is 0 Å². The first kappa shape index (κ1) is 15.9. The topological polar surface area (TPSA) is 132 Å². The van der Waals surface area contributed by atoms with Crippen LogP contribution in [-0.4, -0.2) is 10.2 Å². The molecule has 0 aliphatic carbocycles. The molecule has 0 radical (unpaired) electrons. The van der Waals surface area contributed by atoms with E-state index in [0.717, 1.165) is 0 Å². The van der Waals surface area contributed by atoms with Gasteiger partial charge in [0, 0.05) is 0 Å². The van der Waals surface area contributed by atoms with Crippen molar-refractivity contribution in [3.05, 3.63) is 30.6 Å². The van der Waals surface area contributed by atoms with E-state index in [4.69, 9.17) is 30.6 Å². The maximum Gasteiger partial charge on any atom is 2.00 e. The molecular formula is CeN2O6. The minimum atomic E-state index is -1.75. The van der Waals surface area contributed by atoms with Crippen LogP contribution in [0.15, 0.2) is 0 Å². The Labute approximate surface area is 82.1 Å². The molecule has 0 heterocycles. The Morgan fingerprint density at radius 1 is 0.778 bits per heavy atom. The van der Waals surface area contributed by atoms with Crippen LogP contribution < -0.4 is 0 Å². The van der Waals surface area contributed by atoms with Gasteiger partial charge in [-0.2, -0.15) is 0 Å². The summed E-state index contributed by atoms with van der Waals surface area (Å²) in [5.74, 6) is 0. The molecule has 0 atom stereocenters. The van der Waals surface area contributed by atoms with E-state index < -0.39 is 10.2 Å². The molecule has 0 unspecified atom stereocenters. The second-order valence-electron chi connectivity index (χ2n) is 0.447. The standard InChI is InChI=1S/Ce.2NO3/c;2*2-1(3)4/q+2;2*-1. The third-order valence-electron chi connectivity index (χ3n) is 0. The molecule has 0 fully saturated rings. The fraction of sp³-hybridized carbons (Fsp3) is 0. The fourth-order valence-electron chi connectivity index (χ4n) is 0. The van der Waals surface area contributed by atoms with Crippen molar-refractivity contribution in [2.45, 2.75) is 0 Å². The normalized spacial score (nSPS) is 5.33. The Morgan fingerprint density at radius 2 is 0.778 bits per heavy atom. The zero-order valence-corrected chi connectivity index (χ0v) is 6.98. The first-order valence-electron chi connectivity index (χ1n) is 1.10. The number of rotatable bonds is 0. The molecule has 0 saturated heterocycles. The summed E-state index contributed by atoms with van der Waals surface area (Å²) in [5, 5.41) is 29.5. The van der Waals surface area contributed by atoms with E-state index in [1.54, 1.807) is 0 Å². The second kappa shape index (κ2) is 10.7. The average molecular weight is 264 g/mol. The van der Waals surface area contributed by atoms with Crippen LogP contribution in [0, 0.1) is 72.4 Å². The van der Waals surface area contributed by atoms with Gasteiger partial charge < -0.3 is 30.6 Å². The summed E-state index contributed by atoms with van der Waals surface area (Å²) in [5.41, 5.74) is 0. The minimum Gasteiger partial charge on any atom is -0.356 e. The van der Waals surface area contributed by atoms with Crippen molar-refractivity contribution in [2.75, 3.05) is 0 Å². The van der Waals surface area contributed by atoms with Crippen LogP contribution in [0.4, 0.5) is 0 Å². The third-order valence-corrected chi connectivity index (χ3v) is 0. The van der Waals surface area contributed by atoms with Gasteiger partial charge >= 0.3 is 41.7 Å². The van der Waals surface area contributed by atoms with Crippen LogP contribution in [0.5, 0.6) is 0 Å². The summed E-state index contributed by atoms with van der Waals surface area (Å²) in [4.78, 5) is 16.5. The predicted octanol–water partition coefficient (Wildman–Crippen LogP) is -0.478. The Morgan fingerprint density at radius 3 is 0.778 bits per heavy atom. The van der Waals surface area contributed by atoms with Crippen molar-refractivity contribution < 1.29 is 51.9 Å². The third kappa shape index (κ3) is 5200. The van der Waals surface area contributed by atoms with Gasteiger partial charge in [0.2, 0.25) is 0 Å². The maximum atomic E-state index is 8.25. The number of hydrogen-bond donors (Lipinski definition) is 0. The van der Waals surface area contributed by atoms with Crippen LogP contribution in [0.2, 0.25) is 0 Å². The first-order valence-corrected chi connectivity index (χ1v) is 1.10. The number of nitrogens with zero attached hydrogens (tertiary/aromatic N) is 2. The summed E-state index contributed by atoms with van der Waals surface area (Å²) in [7, 11) is 0. The van der Waals surface area contributed by atoms with Crippen molar-refractivity contribution in [1.82, 2.24) is 0 Å². The molecule has 0 rings (SSSR count). The molecule has 0 bridgehead atoms. The second-order valence-corrected chi connectivity index (χ2v) is 0.447. The minimum absolute atomic E-state index is 0. The molecule has 0 saturated carbocycles. The van der Waals surface area contributed by atoms with Gasteiger partial charge in [0.25, 0.3) is 0 Å². The molecule has 0 amide bonds. The Bertz CT molecular complexity index is 69.1.